The van der Waals surface area contributed by atoms with E-state index < -0.39 is 0 Å². The summed E-state index contributed by atoms with van der Waals surface area (Å²) in [6.07, 6.45) is 1.83. The molecule has 0 aromatic heterocycles. The Morgan fingerprint density at radius 1 is 1.00 bits per heavy atom. The molecule has 0 aliphatic rings. The third-order valence-corrected chi connectivity index (χ3v) is 3.56. The van der Waals surface area contributed by atoms with Crippen LogP contribution in [0, 0.1) is 17.2 Å². The summed E-state index contributed by atoms with van der Waals surface area (Å²) >= 11 is 0. The fraction of sp³-hybridized carbons (Fsp3) is 0.286. The minimum atomic E-state index is 0.479. The molecule has 0 unspecified atom stereocenters. The number of nitrogens with zero attached hydrogens (tertiary/aromatic N) is 1. The molecule has 130 valence electrons. The average molecular weight is 337 g/mol. The van der Waals surface area contributed by atoms with Crippen LogP contribution in [0.3, 0.4) is 0 Å². The van der Waals surface area contributed by atoms with Gasteiger partial charge in [0, 0.05) is 6.07 Å². The second-order valence-corrected chi connectivity index (χ2v) is 6.05. The highest BCUT2D eigenvalue weighted by atomic mass is 16.5. The molecule has 0 bridgehead atoms. The van der Waals surface area contributed by atoms with E-state index in [9.17, 15) is 5.26 Å². The van der Waals surface area contributed by atoms with Crippen molar-refractivity contribution in [2.24, 2.45) is 5.92 Å². The SMILES string of the molecule is COc1cc(OC)cc(/C(C#N)=C/c2ccc(OCC(C)C)cc2)c1. The zero-order valence-electron chi connectivity index (χ0n) is 15.1. The molecule has 4 heteroatoms. The first kappa shape index (κ1) is 18.4. The fourth-order valence-corrected chi connectivity index (χ4v) is 2.23. The molecule has 2 aromatic rings. The molecular formula is C21H23NO3. The van der Waals surface area contributed by atoms with Crippen LogP contribution in [0.15, 0.2) is 42.5 Å². The molecule has 0 radical (unpaired) electrons. The van der Waals surface area contributed by atoms with Crippen molar-refractivity contribution < 1.29 is 14.2 Å². The molecular weight excluding hydrogens is 314 g/mol. The highest BCUT2D eigenvalue weighted by Gasteiger charge is 2.07. The van der Waals surface area contributed by atoms with Crippen molar-refractivity contribution >= 4 is 11.6 Å². The molecule has 0 heterocycles. The largest absolute Gasteiger partial charge is 0.497 e. The van der Waals surface area contributed by atoms with Crippen LogP contribution < -0.4 is 14.2 Å². The van der Waals surface area contributed by atoms with Crippen LogP contribution in [-0.2, 0) is 0 Å². The highest BCUT2D eigenvalue weighted by molar-refractivity contribution is 5.90. The number of hydrogen-bond acceptors (Lipinski definition) is 4. The number of rotatable bonds is 7. The fourth-order valence-electron chi connectivity index (χ4n) is 2.23. The molecule has 0 aliphatic heterocycles. The molecule has 0 fully saturated rings. The first-order chi connectivity index (χ1) is 12.0. The van der Waals surface area contributed by atoms with E-state index in [1.807, 2.05) is 42.5 Å². The first-order valence-corrected chi connectivity index (χ1v) is 8.13. The van der Waals surface area contributed by atoms with Crippen molar-refractivity contribution in [3.05, 3.63) is 53.6 Å². The minimum absolute atomic E-state index is 0.479. The number of methoxy groups -OCH3 is 2. The summed E-state index contributed by atoms with van der Waals surface area (Å²) in [5, 5.41) is 9.54. The number of ether oxygens (including phenoxy) is 3. The molecule has 2 aromatic carbocycles. The van der Waals surface area contributed by atoms with Crippen LogP contribution in [-0.4, -0.2) is 20.8 Å². The summed E-state index contributed by atoms with van der Waals surface area (Å²) in [6, 6.07) is 15.3. The molecule has 0 atom stereocenters. The Morgan fingerprint density at radius 3 is 2.08 bits per heavy atom. The van der Waals surface area contributed by atoms with Gasteiger partial charge >= 0.3 is 0 Å². The van der Waals surface area contributed by atoms with E-state index in [1.165, 1.54) is 0 Å². The van der Waals surface area contributed by atoms with E-state index in [4.69, 9.17) is 14.2 Å². The van der Waals surface area contributed by atoms with Crippen molar-refractivity contribution in [3.8, 4) is 23.3 Å². The van der Waals surface area contributed by atoms with Crippen LogP contribution in [0.5, 0.6) is 17.2 Å². The molecule has 25 heavy (non-hydrogen) atoms. The van der Waals surface area contributed by atoms with E-state index in [1.54, 1.807) is 20.3 Å². The third kappa shape index (κ3) is 5.29. The first-order valence-electron chi connectivity index (χ1n) is 8.13. The summed E-state index contributed by atoms with van der Waals surface area (Å²) < 4.78 is 16.2. The summed E-state index contributed by atoms with van der Waals surface area (Å²) in [4.78, 5) is 0. The lowest BCUT2D eigenvalue weighted by molar-refractivity contribution is 0.271. The molecule has 0 saturated carbocycles. The van der Waals surface area contributed by atoms with Crippen molar-refractivity contribution in [1.82, 2.24) is 0 Å². The van der Waals surface area contributed by atoms with Crippen molar-refractivity contribution in [2.45, 2.75) is 13.8 Å². The number of allylic oxidation sites excluding steroid dienone is 1. The maximum absolute atomic E-state index is 9.54. The normalized spacial score (nSPS) is 11.1. The summed E-state index contributed by atoms with van der Waals surface area (Å²) in [5.41, 5.74) is 2.21. The molecule has 0 amide bonds. The number of hydrogen-bond donors (Lipinski definition) is 0. The lowest BCUT2D eigenvalue weighted by Gasteiger charge is -2.09. The third-order valence-electron chi connectivity index (χ3n) is 3.56. The summed E-state index contributed by atoms with van der Waals surface area (Å²) in [7, 11) is 3.17. The Labute approximate surface area is 149 Å². The van der Waals surface area contributed by atoms with Crippen LogP contribution in [0.4, 0.5) is 0 Å². The zero-order chi connectivity index (χ0) is 18.2. The minimum Gasteiger partial charge on any atom is -0.497 e. The van der Waals surface area contributed by atoms with E-state index in [0.717, 1.165) is 16.9 Å². The van der Waals surface area contributed by atoms with Crippen molar-refractivity contribution in [3.63, 3.8) is 0 Å². The molecule has 4 nitrogen and oxygen atoms in total. The molecule has 0 spiro atoms. The van der Waals surface area contributed by atoms with E-state index >= 15 is 0 Å². The van der Waals surface area contributed by atoms with Gasteiger partial charge in [0.25, 0.3) is 0 Å². The molecule has 0 saturated heterocycles. The smallest absolute Gasteiger partial charge is 0.123 e. The van der Waals surface area contributed by atoms with Gasteiger partial charge in [0.2, 0.25) is 0 Å². The molecule has 2 rings (SSSR count). The van der Waals surface area contributed by atoms with Gasteiger partial charge in [-0.3, -0.25) is 0 Å². The van der Waals surface area contributed by atoms with E-state index in [-0.39, 0.29) is 0 Å². The Kier molecular flexibility index (Phi) is 6.47. The average Bonchev–Trinajstić information content (AvgIpc) is 2.64. The maximum Gasteiger partial charge on any atom is 0.123 e. The van der Waals surface area contributed by atoms with Gasteiger partial charge in [-0.25, -0.2) is 0 Å². The lowest BCUT2D eigenvalue weighted by Crippen LogP contribution is -2.04. The van der Waals surface area contributed by atoms with Gasteiger partial charge in [-0.05, 0) is 47.4 Å². The summed E-state index contributed by atoms with van der Waals surface area (Å²) in [6.45, 7) is 4.90. The van der Waals surface area contributed by atoms with Crippen molar-refractivity contribution in [2.75, 3.05) is 20.8 Å². The summed E-state index contributed by atoms with van der Waals surface area (Å²) in [5.74, 6) is 2.60. The Balaban J connectivity index is 2.27. The Bertz CT molecular complexity index is 748. The second-order valence-electron chi connectivity index (χ2n) is 6.05. The van der Waals surface area contributed by atoms with Crippen LogP contribution in [0.25, 0.3) is 11.6 Å². The second kappa shape index (κ2) is 8.79. The van der Waals surface area contributed by atoms with Gasteiger partial charge in [0.1, 0.15) is 17.2 Å². The van der Waals surface area contributed by atoms with E-state index in [2.05, 4.69) is 19.9 Å². The van der Waals surface area contributed by atoms with Crippen LogP contribution in [0.2, 0.25) is 0 Å². The van der Waals surface area contributed by atoms with Gasteiger partial charge in [-0.2, -0.15) is 5.26 Å². The highest BCUT2D eigenvalue weighted by Crippen LogP contribution is 2.28. The van der Waals surface area contributed by atoms with Gasteiger partial charge in [0.05, 0.1) is 32.5 Å². The van der Waals surface area contributed by atoms with Crippen LogP contribution >= 0.6 is 0 Å². The van der Waals surface area contributed by atoms with Gasteiger partial charge in [-0.1, -0.05) is 26.0 Å². The van der Waals surface area contributed by atoms with Gasteiger partial charge in [0.15, 0.2) is 0 Å². The molecule has 0 N–H and O–H groups in total. The predicted octanol–water partition coefficient (Wildman–Crippen LogP) is 4.80. The number of benzene rings is 2. The molecule has 0 aliphatic carbocycles. The van der Waals surface area contributed by atoms with Gasteiger partial charge < -0.3 is 14.2 Å². The monoisotopic (exact) mass is 337 g/mol. The Morgan fingerprint density at radius 2 is 1.60 bits per heavy atom. The van der Waals surface area contributed by atoms with E-state index in [0.29, 0.717) is 29.6 Å². The lowest BCUT2D eigenvalue weighted by atomic mass is 10.0. The predicted molar refractivity (Wildman–Crippen MR) is 99.8 cm³/mol. The Hall–Kier alpha value is -2.93. The topological polar surface area (TPSA) is 51.5 Å². The standard InChI is InChI=1S/C21H23NO3/c1-15(2)14-25-19-7-5-16(6-8-19)9-18(13-22)17-10-20(23-3)12-21(11-17)24-4/h5-12,15H,14H2,1-4H3/b18-9+. The van der Waals surface area contributed by atoms with Gasteiger partial charge in [-0.15, -0.1) is 0 Å². The zero-order valence-corrected chi connectivity index (χ0v) is 15.1. The van der Waals surface area contributed by atoms with Crippen LogP contribution in [0.1, 0.15) is 25.0 Å². The number of nitriles is 1. The maximum atomic E-state index is 9.54. The quantitative estimate of drug-likeness (QED) is 0.538. The van der Waals surface area contributed by atoms with Crippen molar-refractivity contribution in [1.29, 1.82) is 5.26 Å².